The molecule has 4 nitrogen and oxygen atoms in total. The van der Waals surface area contributed by atoms with Gasteiger partial charge in [-0.3, -0.25) is 0 Å². The molecule has 0 heterocycles. The van der Waals surface area contributed by atoms with E-state index in [4.69, 9.17) is 9.47 Å². The SMILES string of the molecule is C=Cc1ccc(C(=O)OCCC(C)C)c(C(=O)OCCC(C)C)c1. The molecule has 0 aliphatic rings. The molecule has 4 heteroatoms. The molecule has 0 saturated heterocycles. The Kier molecular flexibility index (Phi) is 8.24. The Morgan fingerprint density at radius 1 is 0.958 bits per heavy atom. The molecule has 0 saturated carbocycles. The highest BCUT2D eigenvalue weighted by atomic mass is 16.5. The number of hydrogen-bond acceptors (Lipinski definition) is 4. The first-order chi connectivity index (χ1) is 11.3. The van der Waals surface area contributed by atoms with Crippen LogP contribution in [-0.4, -0.2) is 25.2 Å². The van der Waals surface area contributed by atoms with Gasteiger partial charge < -0.3 is 9.47 Å². The van der Waals surface area contributed by atoms with Crippen molar-refractivity contribution in [3.8, 4) is 0 Å². The molecule has 0 spiro atoms. The highest BCUT2D eigenvalue weighted by molar-refractivity contribution is 6.03. The van der Waals surface area contributed by atoms with Gasteiger partial charge in [0.25, 0.3) is 0 Å². The molecule has 0 aliphatic carbocycles. The first-order valence-electron chi connectivity index (χ1n) is 8.45. The summed E-state index contributed by atoms with van der Waals surface area (Å²) in [5.74, 6) is -0.114. The molecule has 1 aromatic rings. The van der Waals surface area contributed by atoms with Crippen molar-refractivity contribution in [1.29, 1.82) is 0 Å². The van der Waals surface area contributed by atoms with E-state index in [0.717, 1.165) is 18.4 Å². The van der Waals surface area contributed by atoms with Crippen molar-refractivity contribution < 1.29 is 19.1 Å². The Balaban J connectivity index is 2.88. The second-order valence-electron chi connectivity index (χ2n) is 6.65. The number of carbonyl (C=O) groups excluding carboxylic acids is 2. The van der Waals surface area contributed by atoms with E-state index in [1.807, 2.05) is 0 Å². The van der Waals surface area contributed by atoms with Crippen LogP contribution in [0.2, 0.25) is 0 Å². The first kappa shape index (κ1) is 19.9. The summed E-state index contributed by atoms with van der Waals surface area (Å²) in [6.45, 7) is 12.6. The molecule has 0 amide bonds. The van der Waals surface area contributed by atoms with Gasteiger partial charge in [0.15, 0.2) is 0 Å². The van der Waals surface area contributed by atoms with E-state index >= 15 is 0 Å². The van der Waals surface area contributed by atoms with Gasteiger partial charge in [-0.25, -0.2) is 9.59 Å². The lowest BCUT2D eigenvalue weighted by Gasteiger charge is -2.12. The van der Waals surface area contributed by atoms with Crippen LogP contribution in [0.15, 0.2) is 24.8 Å². The molecule has 0 N–H and O–H groups in total. The van der Waals surface area contributed by atoms with Crippen LogP contribution >= 0.6 is 0 Å². The maximum absolute atomic E-state index is 12.3. The zero-order chi connectivity index (χ0) is 18.1. The number of ether oxygens (including phenoxy) is 2. The average molecular weight is 332 g/mol. The summed E-state index contributed by atoms with van der Waals surface area (Å²) in [6, 6.07) is 4.94. The number of hydrogen-bond donors (Lipinski definition) is 0. The normalized spacial score (nSPS) is 10.8. The van der Waals surface area contributed by atoms with Gasteiger partial charge in [0, 0.05) is 0 Å². The monoisotopic (exact) mass is 332 g/mol. The minimum Gasteiger partial charge on any atom is -0.462 e. The van der Waals surface area contributed by atoms with Crippen LogP contribution in [0.4, 0.5) is 0 Å². The molecule has 24 heavy (non-hydrogen) atoms. The Bertz CT molecular complexity index is 573. The largest absolute Gasteiger partial charge is 0.462 e. The topological polar surface area (TPSA) is 52.6 Å². The van der Waals surface area contributed by atoms with Gasteiger partial charge >= 0.3 is 11.9 Å². The van der Waals surface area contributed by atoms with Crippen LogP contribution in [0, 0.1) is 11.8 Å². The Morgan fingerprint density at radius 2 is 1.46 bits per heavy atom. The van der Waals surface area contributed by atoms with E-state index in [-0.39, 0.29) is 11.1 Å². The minimum absolute atomic E-state index is 0.228. The van der Waals surface area contributed by atoms with E-state index in [1.165, 1.54) is 0 Å². The summed E-state index contributed by atoms with van der Waals surface area (Å²) in [5.41, 5.74) is 1.22. The molecule has 0 radical (unpaired) electrons. The van der Waals surface area contributed by atoms with Crippen molar-refractivity contribution in [1.82, 2.24) is 0 Å². The third-order valence-electron chi connectivity index (χ3n) is 3.58. The number of carbonyl (C=O) groups is 2. The summed E-state index contributed by atoms with van der Waals surface area (Å²) in [7, 11) is 0. The lowest BCUT2D eigenvalue weighted by atomic mass is 10.0. The molecule has 1 rings (SSSR count). The molecule has 0 bridgehead atoms. The second kappa shape index (κ2) is 9.91. The van der Waals surface area contributed by atoms with E-state index in [2.05, 4.69) is 34.3 Å². The minimum atomic E-state index is -0.504. The zero-order valence-electron chi connectivity index (χ0n) is 15.1. The van der Waals surface area contributed by atoms with E-state index in [9.17, 15) is 9.59 Å². The Hall–Kier alpha value is -2.10. The van der Waals surface area contributed by atoms with Gasteiger partial charge in [-0.2, -0.15) is 0 Å². The predicted molar refractivity (Wildman–Crippen MR) is 96.0 cm³/mol. The first-order valence-corrected chi connectivity index (χ1v) is 8.45. The fourth-order valence-electron chi connectivity index (χ4n) is 1.97. The Morgan fingerprint density at radius 3 is 1.92 bits per heavy atom. The second-order valence-corrected chi connectivity index (χ2v) is 6.65. The third-order valence-corrected chi connectivity index (χ3v) is 3.58. The molecule has 0 aromatic heterocycles. The number of esters is 2. The van der Waals surface area contributed by atoms with Gasteiger partial charge in [-0.1, -0.05) is 46.4 Å². The molecular formula is C20H28O4. The highest BCUT2D eigenvalue weighted by Gasteiger charge is 2.20. The molecule has 0 unspecified atom stereocenters. The molecule has 0 atom stereocenters. The lowest BCUT2D eigenvalue weighted by molar-refractivity contribution is 0.0440. The third kappa shape index (κ3) is 6.57. The van der Waals surface area contributed by atoms with Crippen LogP contribution in [0.25, 0.3) is 6.08 Å². The standard InChI is InChI=1S/C20H28O4/c1-6-16-7-8-17(19(21)23-11-9-14(2)3)18(13-16)20(22)24-12-10-15(4)5/h6-8,13-15H,1,9-12H2,2-5H3. The Labute approximate surface area is 144 Å². The van der Waals surface area contributed by atoms with Crippen LogP contribution in [0.1, 0.15) is 66.8 Å². The summed E-state index contributed by atoms with van der Waals surface area (Å²) >= 11 is 0. The smallest absolute Gasteiger partial charge is 0.339 e. The van der Waals surface area contributed by atoms with Gasteiger partial charge in [0.05, 0.1) is 24.3 Å². The molecule has 0 aliphatic heterocycles. The molecular weight excluding hydrogens is 304 g/mol. The molecule has 0 fully saturated rings. The fraction of sp³-hybridized carbons (Fsp3) is 0.500. The summed E-state index contributed by atoms with van der Waals surface area (Å²) in [6.07, 6.45) is 3.19. The average Bonchev–Trinajstić information content (AvgIpc) is 2.53. The highest BCUT2D eigenvalue weighted by Crippen LogP contribution is 2.17. The summed E-state index contributed by atoms with van der Waals surface area (Å²) < 4.78 is 10.6. The van der Waals surface area contributed by atoms with E-state index in [1.54, 1.807) is 24.3 Å². The van der Waals surface area contributed by atoms with Crippen molar-refractivity contribution in [2.24, 2.45) is 11.8 Å². The number of rotatable bonds is 9. The quantitative estimate of drug-likeness (QED) is 0.613. The zero-order valence-corrected chi connectivity index (χ0v) is 15.1. The van der Waals surface area contributed by atoms with E-state index in [0.29, 0.717) is 25.0 Å². The van der Waals surface area contributed by atoms with Crippen LogP contribution in [0.5, 0.6) is 0 Å². The maximum atomic E-state index is 12.3. The van der Waals surface area contributed by atoms with Gasteiger partial charge in [-0.05, 0) is 42.4 Å². The van der Waals surface area contributed by atoms with Crippen LogP contribution < -0.4 is 0 Å². The van der Waals surface area contributed by atoms with Crippen molar-refractivity contribution in [2.45, 2.75) is 40.5 Å². The van der Waals surface area contributed by atoms with E-state index < -0.39 is 11.9 Å². The molecule has 1 aromatic carbocycles. The number of benzene rings is 1. The lowest BCUT2D eigenvalue weighted by Crippen LogP contribution is -2.16. The van der Waals surface area contributed by atoms with Crippen molar-refractivity contribution in [2.75, 3.05) is 13.2 Å². The van der Waals surface area contributed by atoms with Crippen LogP contribution in [-0.2, 0) is 9.47 Å². The maximum Gasteiger partial charge on any atom is 0.339 e. The van der Waals surface area contributed by atoms with Gasteiger partial charge in [0.1, 0.15) is 0 Å². The van der Waals surface area contributed by atoms with Crippen molar-refractivity contribution >= 4 is 18.0 Å². The van der Waals surface area contributed by atoms with Gasteiger partial charge in [-0.15, -0.1) is 0 Å². The van der Waals surface area contributed by atoms with Gasteiger partial charge in [0.2, 0.25) is 0 Å². The molecule has 132 valence electrons. The summed E-state index contributed by atoms with van der Waals surface area (Å²) in [5, 5.41) is 0. The predicted octanol–water partition coefficient (Wildman–Crippen LogP) is 4.74. The van der Waals surface area contributed by atoms with Crippen LogP contribution in [0.3, 0.4) is 0 Å². The summed E-state index contributed by atoms with van der Waals surface area (Å²) in [4.78, 5) is 24.6. The van der Waals surface area contributed by atoms with Crippen molar-refractivity contribution in [3.63, 3.8) is 0 Å². The fourth-order valence-corrected chi connectivity index (χ4v) is 1.97. The van der Waals surface area contributed by atoms with Crippen molar-refractivity contribution in [3.05, 3.63) is 41.5 Å².